The Morgan fingerprint density at radius 3 is 2.48 bits per heavy atom. The van der Waals surface area contributed by atoms with Crippen molar-refractivity contribution >= 4 is 28.4 Å². The van der Waals surface area contributed by atoms with Gasteiger partial charge in [0.05, 0.1) is 10.6 Å². The summed E-state index contributed by atoms with van der Waals surface area (Å²) < 4.78 is 45.7. The van der Waals surface area contributed by atoms with E-state index in [4.69, 9.17) is 16.0 Å². The van der Waals surface area contributed by atoms with E-state index in [-0.39, 0.29) is 11.3 Å². The van der Waals surface area contributed by atoms with E-state index in [9.17, 15) is 18.0 Å². The van der Waals surface area contributed by atoms with E-state index in [2.05, 4.69) is 0 Å². The van der Waals surface area contributed by atoms with E-state index in [1.807, 2.05) is 0 Å². The van der Waals surface area contributed by atoms with Gasteiger partial charge in [0.1, 0.15) is 11.6 Å². The number of fused-ring (bicyclic) bond motifs is 1. The van der Waals surface area contributed by atoms with Crippen LogP contribution in [0.2, 0.25) is 5.02 Å². The molecule has 0 amide bonds. The van der Waals surface area contributed by atoms with Gasteiger partial charge >= 0.3 is 0 Å². The number of furan rings is 1. The van der Waals surface area contributed by atoms with Gasteiger partial charge in [-0.05, 0) is 24.3 Å². The van der Waals surface area contributed by atoms with E-state index in [1.54, 1.807) is 0 Å². The largest absolute Gasteiger partial charge is 0.449 e. The molecule has 6 heteroatoms. The molecule has 0 atom stereocenters. The molecule has 2 nitrogen and oxygen atoms in total. The van der Waals surface area contributed by atoms with Crippen molar-refractivity contribution in [3.63, 3.8) is 0 Å². The Morgan fingerprint density at radius 1 is 1.00 bits per heavy atom. The molecule has 0 fully saturated rings. The van der Waals surface area contributed by atoms with E-state index in [0.717, 1.165) is 0 Å². The molecular formula is C15H6ClF3O2. The van der Waals surface area contributed by atoms with E-state index < -0.39 is 33.8 Å². The van der Waals surface area contributed by atoms with Crippen LogP contribution in [0.5, 0.6) is 0 Å². The van der Waals surface area contributed by atoms with Crippen LogP contribution in [-0.4, -0.2) is 5.78 Å². The lowest BCUT2D eigenvalue weighted by Gasteiger charge is -2.01. The summed E-state index contributed by atoms with van der Waals surface area (Å²) >= 11 is 5.42. The fraction of sp³-hybridized carbons (Fsp3) is 0. The summed E-state index contributed by atoms with van der Waals surface area (Å²) in [4.78, 5) is 12.1. The highest BCUT2D eigenvalue weighted by Gasteiger charge is 2.21. The van der Waals surface area contributed by atoms with E-state index >= 15 is 0 Å². The Bertz CT molecular complexity index is 871. The number of rotatable bonds is 2. The second-order valence-electron chi connectivity index (χ2n) is 4.34. The lowest BCUT2D eigenvalue weighted by molar-refractivity contribution is 0.101. The van der Waals surface area contributed by atoms with E-state index in [0.29, 0.717) is 17.5 Å². The highest BCUT2D eigenvalue weighted by molar-refractivity contribution is 6.30. The van der Waals surface area contributed by atoms with Gasteiger partial charge in [-0.25, -0.2) is 13.2 Å². The fourth-order valence-electron chi connectivity index (χ4n) is 1.97. The number of ketones is 1. The highest BCUT2D eigenvalue weighted by atomic mass is 35.5. The summed E-state index contributed by atoms with van der Waals surface area (Å²) in [6.45, 7) is 0. The zero-order valence-electron chi connectivity index (χ0n) is 10.3. The minimum absolute atomic E-state index is 0.115. The van der Waals surface area contributed by atoms with Crippen LogP contribution in [-0.2, 0) is 0 Å². The maximum absolute atomic E-state index is 13.7. The van der Waals surface area contributed by atoms with Crippen LogP contribution >= 0.6 is 11.6 Å². The molecule has 0 aliphatic rings. The van der Waals surface area contributed by atoms with Crippen LogP contribution in [0.3, 0.4) is 0 Å². The molecule has 2 aromatic carbocycles. The number of carbonyl (C=O) groups is 1. The van der Waals surface area contributed by atoms with Crippen molar-refractivity contribution in [1.29, 1.82) is 0 Å². The smallest absolute Gasteiger partial charge is 0.231 e. The molecule has 0 radical (unpaired) electrons. The van der Waals surface area contributed by atoms with Gasteiger partial charge < -0.3 is 4.42 Å². The standard InChI is InChI=1S/C15H6ClF3O2/c16-9-6-11(18)8(5-12(9)19)14(20)13-4-7-2-1-3-10(17)15(7)21-13/h1-6H. The molecular weight excluding hydrogens is 305 g/mol. The lowest BCUT2D eigenvalue weighted by atomic mass is 10.1. The van der Waals surface area contributed by atoms with Gasteiger partial charge in [0.25, 0.3) is 0 Å². The summed E-state index contributed by atoms with van der Waals surface area (Å²) in [7, 11) is 0. The molecule has 0 saturated heterocycles. The summed E-state index contributed by atoms with van der Waals surface area (Å²) in [5.41, 5.74) is -0.646. The SMILES string of the molecule is O=C(c1cc2cccc(F)c2o1)c1cc(F)c(Cl)cc1F. The summed E-state index contributed by atoms with van der Waals surface area (Å²) in [6.07, 6.45) is 0. The average molecular weight is 311 g/mol. The zero-order chi connectivity index (χ0) is 15.1. The first-order valence-electron chi connectivity index (χ1n) is 5.84. The quantitative estimate of drug-likeness (QED) is 0.506. The molecule has 0 spiro atoms. The molecule has 0 N–H and O–H groups in total. The third-order valence-electron chi connectivity index (χ3n) is 2.97. The lowest BCUT2D eigenvalue weighted by Crippen LogP contribution is -2.04. The Labute approximate surface area is 121 Å². The molecule has 0 unspecified atom stereocenters. The molecule has 0 bridgehead atoms. The van der Waals surface area contributed by atoms with Crippen molar-refractivity contribution in [2.75, 3.05) is 0 Å². The molecule has 3 aromatic rings. The van der Waals surface area contributed by atoms with Crippen LogP contribution in [0.25, 0.3) is 11.0 Å². The number of carbonyl (C=O) groups excluding carboxylic acids is 1. The normalized spacial score (nSPS) is 11.0. The number of halogens is 4. The van der Waals surface area contributed by atoms with Crippen LogP contribution in [0.1, 0.15) is 16.1 Å². The predicted octanol–water partition coefficient (Wildman–Crippen LogP) is 4.73. The van der Waals surface area contributed by atoms with Gasteiger partial charge in [0.2, 0.25) is 5.78 Å². The third-order valence-corrected chi connectivity index (χ3v) is 3.26. The van der Waals surface area contributed by atoms with Crippen molar-refractivity contribution in [2.24, 2.45) is 0 Å². The Hall–Kier alpha value is -2.27. The summed E-state index contributed by atoms with van der Waals surface area (Å²) in [5.74, 6) is -3.72. The number of para-hydroxylation sites is 1. The van der Waals surface area contributed by atoms with Crippen molar-refractivity contribution in [3.05, 3.63) is 70.2 Å². The van der Waals surface area contributed by atoms with Crippen molar-refractivity contribution in [3.8, 4) is 0 Å². The Morgan fingerprint density at radius 2 is 1.76 bits per heavy atom. The number of hydrogen-bond donors (Lipinski definition) is 0. The van der Waals surface area contributed by atoms with Crippen molar-refractivity contribution in [2.45, 2.75) is 0 Å². The third kappa shape index (κ3) is 2.29. The van der Waals surface area contributed by atoms with Gasteiger partial charge in [-0.3, -0.25) is 4.79 Å². The molecule has 21 heavy (non-hydrogen) atoms. The predicted molar refractivity (Wildman–Crippen MR) is 71.0 cm³/mol. The molecule has 1 heterocycles. The Balaban J connectivity index is 2.12. The number of hydrogen-bond acceptors (Lipinski definition) is 2. The minimum atomic E-state index is -0.979. The average Bonchev–Trinajstić information content (AvgIpc) is 2.87. The van der Waals surface area contributed by atoms with Crippen LogP contribution in [0, 0.1) is 17.5 Å². The van der Waals surface area contributed by atoms with Crippen LogP contribution < -0.4 is 0 Å². The monoisotopic (exact) mass is 310 g/mol. The first-order valence-corrected chi connectivity index (χ1v) is 6.22. The van der Waals surface area contributed by atoms with Crippen LogP contribution in [0.15, 0.2) is 40.8 Å². The minimum Gasteiger partial charge on any atom is -0.449 e. The number of benzene rings is 2. The van der Waals surface area contributed by atoms with Gasteiger partial charge in [0, 0.05) is 5.39 Å². The van der Waals surface area contributed by atoms with E-state index in [1.165, 1.54) is 24.3 Å². The maximum Gasteiger partial charge on any atom is 0.231 e. The molecule has 0 aliphatic heterocycles. The molecule has 3 rings (SSSR count). The van der Waals surface area contributed by atoms with Gasteiger partial charge in [-0.2, -0.15) is 0 Å². The Kier molecular flexibility index (Phi) is 3.22. The van der Waals surface area contributed by atoms with Crippen molar-refractivity contribution in [1.82, 2.24) is 0 Å². The summed E-state index contributed by atoms with van der Waals surface area (Å²) in [6, 6.07) is 6.81. The zero-order valence-corrected chi connectivity index (χ0v) is 11.0. The highest BCUT2D eigenvalue weighted by Crippen LogP contribution is 2.26. The van der Waals surface area contributed by atoms with Crippen molar-refractivity contribution < 1.29 is 22.4 Å². The molecule has 106 valence electrons. The van der Waals surface area contributed by atoms with Gasteiger partial charge in [0.15, 0.2) is 17.2 Å². The molecule has 0 aliphatic carbocycles. The molecule has 0 saturated carbocycles. The first-order chi connectivity index (χ1) is 9.97. The second kappa shape index (κ2) is 4.93. The topological polar surface area (TPSA) is 30.2 Å². The first kappa shape index (κ1) is 13.7. The maximum atomic E-state index is 13.7. The summed E-state index contributed by atoms with van der Waals surface area (Å²) in [5, 5.41) is -0.0760. The second-order valence-corrected chi connectivity index (χ2v) is 4.75. The van der Waals surface area contributed by atoms with Gasteiger partial charge in [-0.15, -0.1) is 0 Å². The molecule has 1 aromatic heterocycles. The fourth-order valence-corrected chi connectivity index (χ4v) is 2.12. The van der Waals surface area contributed by atoms with Crippen LogP contribution in [0.4, 0.5) is 13.2 Å². The van der Waals surface area contributed by atoms with Gasteiger partial charge in [-0.1, -0.05) is 23.7 Å².